The summed E-state index contributed by atoms with van der Waals surface area (Å²) in [4.78, 5) is 90.2. The molecule has 17 heteroatoms. The Labute approximate surface area is 756 Å². The van der Waals surface area contributed by atoms with Crippen LogP contribution in [0.25, 0.3) is 0 Å². The molecule has 20 aliphatic rings. The highest BCUT2D eigenvalue weighted by Crippen LogP contribution is 2.71. The topological polar surface area (TPSA) is 203 Å². The predicted octanol–water partition coefficient (Wildman–Crippen LogP) is 18.0. The van der Waals surface area contributed by atoms with E-state index < -0.39 is 28.6 Å². The van der Waals surface area contributed by atoms with Crippen molar-refractivity contribution in [1.29, 1.82) is 0 Å². The summed E-state index contributed by atoms with van der Waals surface area (Å²) in [6.45, 7) is 38.9. The van der Waals surface area contributed by atoms with E-state index in [-0.39, 0.29) is 51.2 Å². The molecular weight excluding hydrogens is 1560 g/mol. The Morgan fingerprint density at radius 3 is 1.03 bits per heavy atom. The first-order valence-corrected chi connectivity index (χ1v) is 53.4. The number of hydrogen-bond donors (Lipinski definition) is 4. The molecule has 4 heterocycles. The van der Waals surface area contributed by atoms with Crippen LogP contribution in [0, 0.1) is 176 Å². The van der Waals surface area contributed by atoms with Gasteiger partial charge in [-0.3, -0.25) is 48.4 Å². The SMILES string of the molecule is CC(=O)N1CCN(CC(=O)[C@H]2CC[C@H]3[C@@H]4CC[C@H]5C[C@](C)(O)[C@@H](C)C[C@@H]5[C@H]4CC[C@]23C)CC1.CC(=O)N1CCN(CC(=O)[C@H]2CC[C@H]3[C@@H]4C[C@@H](F)[C@H]5C[C@](C)(O)CC[C@@H]5[C@H]4CC[C@]23C)CC1.CC1CCCN(CC(=O)[C@H]2CC[C@H]3[C@@H]4CC[C@@H]5C[C@](C)(O)CC[C@@H]5[C@H]4CC[C@]23C)C1.C[C@@]1(O)CC[C@H]2[C@H](CC[C@@H]3[C@@H]2CC[C@]2(C)[C@@H](C(=O)CN4CCCCC4)CC[C@@H]32)C1. The van der Waals surface area contributed by atoms with Crippen LogP contribution in [0.5, 0.6) is 0 Å². The first kappa shape index (κ1) is 94.0. The zero-order valence-corrected chi connectivity index (χ0v) is 80.8. The van der Waals surface area contributed by atoms with Crippen LogP contribution in [0.4, 0.5) is 4.39 Å². The lowest BCUT2D eigenvalue weighted by Crippen LogP contribution is -2.55. The summed E-state index contributed by atoms with van der Waals surface area (Å²) in [5, 5.41) is 42.6. The third-order valence-electron chi connectivity index (χ3n) is 43.5. The molecule has 4 N–H and O–H groups in total. The van der Waals surface area contributed by atoms with Gasteiger partial charge < -0.3 is 30.2 Å². The number of carbonyl (C=O) groups excluding carboxylic acids is 6. The quantitative estimate of drug-likeness (QED) is 0.144. The Balaban J connectivity index is 0.000000118. The fourth-order valence-corrected chi connectivity index (χ4v) is 36.8. The minimum atomic E-state index is -0.808. The number of amides is 2. The van der Waals surface area contributed by atoms with Crippen molar-refractivity contribution in [2.45, 2.75) is 362 Å². The molecule has 0 aromatic carbocycles. The van der Waals surface area contributed by atoms with Crippen molar-refractivity contribution in [2.75, 3.05) is 105 Å². The smallest absolute Gasteiger partial charge is 0.219 e. The monoisotopic (exact) mass is 1740 g/mol. The number of piperidine rings is 2. The highest BCUT2D eigenvalue weighted by atomic mass is 19.1. The van der Waals surface area contributed by atoms with Gasteiger partial charge in [0.1, 0.15) is 29.3 Å². The van der Waals surface area contributed by atoms with Gasteiger partial charge in [-0.1, -0.05) is 48.0 Å². The van der Waals surface area contributed by atoms with Gasteiger partial charge in [-0.15, -0.1) is 0 Å². The summed E-state index contributed by atoms with van der Waals surface area (Å²) in [5.74, 6) is 18.2. The first-order valence-electron chi connectivity index (χ1n) is 53.4. The Hall–Kier alpha value is -2.77. The Kier molecular flexibility index (Phi) is 27.9. The van der Waals surface area contributed by atoms with Crippen LogP contribution in [0.15, 0.2) is 0 Å². The fraction of sp³-hybridized carbons (Fsp3) is 0.944. The van der Waals surface area contributed by atoms with Gasteiger partial charge in [-0.2, -0.15) is 0 Å². The van der Waals surface area contributed by atoms with Crippen molar-refractivity contribution in [3.05, 3.63) is 0 Å². The number of halogens is 1. The maximum Gasteiger partial charge on any atom is 0.219 e. The molecule has 0 aromatic rings. The van der Waals surface area contributed by atoms with E-state index in [1.807, 2.05) is 16.7 Å². The normalized spacial score (nSPS) is 49.5. The zero-order valence-electron chi connectivity index (χ0n) is 80.8. The van der Waals surface area contributed by atoms with Crippen molar-refractivity contribution >= 4 is 34.9 Å². The summed E-state index contributed by atoms with van der Waals surface area (Å²) in [6.07, 6.45) is 44.4. The molecule has 16 saturated carbocycles. The van der Waals surface area contributed by atoms with E-state index in [2.05, 4.69) is 81.9 Å². The molecule has 35 atom stereocenters. The number of likely N-dealkylation sites (tertiary alicyclic amines) is 2. The molecule has 2 amide bonds. The molecule has 16 aliphatic carbocycles. The summed E-state index contributed by atoms with van der Waals surface area (Å²) in [7, 11) is 0. The Morgan fingerprint density at radius 1 is 0.304 bits per heavy atom. The highest BCUT2D eigenvalue weighted by Gasteiger charge is 2.65. The maximum absolute atomic E-state index is 15.5. The number of ketones is 4. The van der Waals surface area contributed by atoms with Gasteiger partial charge >= 0.3 is 0 Å². The van der Waals surface area contributed by atoms with Crippen LogP contribution < -0.4 is 0 Å². The molecule has 0 bridgehead atoms. The van der Waals surface area contributed by atoms with E-state index in [1.54, 1.807) is 13.8 Å². The van der Waals surface area contributed by atoms with Gasteiger partial charge in [0.05, 0.1) is 48.6 Å². The van der Waals surface area contributed by atoms with Gasteiger partial charge in [-0.25, -0.2) is 4.39 Å². The predicted molar refractivity (Wildman–Crippen MR) is 492 cm³/mol. The van der Waals surface area contributed by atoms with E-state index in [4.69, 9.17) is 0 Å². The summed E-state index contributed by atoms with van der Waals surface area (Å²) < 4.78 is 15.5. The van der Waals surface area contributed by atoms with Crippen LogP contribution in [-0.2, 0) is 28.8 Å². The molecule has 1 unspecified atom stereocenters. The van der Waals surface area contributed by atoms with Crippen molar-refractivity contribution in [3.8, 4) is 0 Å². The lowest BCUT2D eigenvalue weighted by Gasteiger charge is -2.58. The molecule has 16 nitrogen and oxygen atoms in total. The van der Waals surface area contributed by atoms with Crippen molar-refractivity contribution in [1.82, 2.24) is 29.4 Å². The summed E-state index contributed by atoms with van der Waals surface area (Å²) >= 11 is 0. The van der Waals surface area contributed by atoms with Crippen molar-refractivity contribution in [2.24, 2.45) is 176 Å². The number of aliphatic hydroxyl groups is 4. The number of nitrogens with zero attached hydrogens (tertiary/aromatic N) is 6. The number of fused-ring (bicyclic) bond motifs is 20. The number of rotatable bonds is 12. The third kappa shape index (κ3) is 18.9. The number of Topliss-reactive ketones (excluding diaryl/α,β-unsaturated/α-hetero) is 4. The van der Waals surface area contributed by atoms with Crippen molar-refractivity contribution in [3.63, 3.8) is 0 Å². The average molecular weight is 1740 g/mol. The van der Waals surface area contributed by atoms with E-state index >= 15 is 4.39 Å². The average Bonchev–Trinajstić information content (AvgIpc) is 1.67. The Bertz CT molecular complexity index is 3780. The molecule has 0 radical (unpaired) electrons. The molecule has 4 aliphatic heterocycles. The van der Waals surface area contributed by atoms with Gasteiger partial charge in [0, 0.05) is 96.4 Å². The second-order valence-electron chi connectivity index (χ2n) is 50.7. The number of carbonyl (C=O) groups is 6. The lowest BCUT2D eigenvalue weighted by molar-refractivity contribution is -0.140. The second kappa shape index (κ2) is 37.1. The largest absolute Gasteiger partial charge is 0.390 e. The minimum absolute atomic E-state index is 0.00612. The van der Waals surface area contributed by atoms with E-state index in [0.29, 0.717) is 122 Å². The van der Waals surface area contributed by atoms with E-state index in [9.17, 15) is 49.2 Å². The molecular formula is C108H177FN6O10. The van der Waals surface area contributed by atoms with Crippen LogP contribution in [0.1, 0.15) is 333 Å². The standard InChI is InChI=1S/C28H46N2O3.C27H43FN2O3.C27H45NO2.C26H43NO2/c1-18-15-23-20(16-28(18,4)33)5-6-22-21(23)9-10-27(3)24(22)7-8-25(27)26(32)17-29-11-13-30(14-12-29)19(2)31;1-17(31)30-12-10-29(11-13-30)16-25(32)23-5-4-22-20-14-24(28)21-15-26(2,33)8-6-19(21)18(20)7-9-27(22,23)3;1-18-5-4-14-28(16-18)17-25(29)24-9-8-23-22-7-6-19-15-26(2,30)12-10-20(19)21(22)11-13-27(23,24)3;1-25(29)12-10-19-18(16-25)6-7-21-20(19)11-13-26(2)22(21)8-9-23(26)24(28)17-27-14-4-3-5-15-27/h18,20-25,33H,5-17H2,1-4H3;18-24,33H,4-16H2,1-3H3;18-24,30H,4-17H2,1-3H3;18-23,29H,3-17H2,1-2H3/t18-,20-,21-,22+,23-,24-,25+,27-,28-;18-,19-,20-,21+,22+,23-,24-,26-,27+;18?,19-,20+,21-,22-,23+,24-,26-,27+;18-,19+,20-,21-,22+,23-,25-,26+/m0111/s1. The van der Waals surface area contributed by atoms with Crippen molar-refractivity contribution < 1.29 is 53.6 Å². The minimum Gasteiger partial charge on any atom is -0.390 e. The van der Waals surface area contributed by atoms with Crippen LogP contribution >= 0.6 is 0 Å². The van der Waals surface area contributed by atoms with Gasteiger partial charge in [0.2, 0.25) is 11.8 Å². The fourth-order valence-electron chi connectivity index (χ4n) is 36.8. The molecule has 20 rings (SSSR count). The molecule has 0 spiro atoms. The number of piperazine rings is 2. The van der Waals surface area contributed by atoms with Gasteiger partial charge in [0.25, 0.3) is 0 Å². The third-order valence-corrected chi connectivity index (χ3v) is 43.5. The van der Waals surface area contributed by atoms with E-state index in [1.165, 1.54) is 148 Å². The summed E-state index contributed by atoms with van der Waals surface area (Å²) in [5.41, 5.74) is -1.33. The van der Waals surface area contributed by atoms with Gasteiger partial charge in [-0.05, 0) is 443 Å². The first-order chi connectivity index (χ1) is 59.3. The number of hydrogen-bond acceptors (Lipinski definition) is 14. The Morgan fingerprint density at radius 2 is 0.632 bits per heavy atom. The molecule has 20 fully saturated rings. The number of alkyl halides is 1. The summed E-state index contributed by atoms with van der Waals surface area (Å²) in [6, 6.07) is 0. The molecule has 706 valence electrons. The molecule has 125 heavy (non-hydrogen) atoms. The maximum atomic E-state index is 15.5. The second-order valence-corrected chi connectivity index (χ2v) is 50.7. The molecule has 4 saturated heterocycles. The lowest BCUT2D eigenvalue weighted by atomic mass is 9.48. The highest BCUT2D eigenvalue weighted by molar-refractivity contribution is 5.86. The van der Waals surface area contributed by atoms with E-state index in [0.717, 1.165) is 245 Å². The van der Waals surface area contributed by atoms with Crippen LogP contribution in [-0.4, -0.2) is 218 Å². The van der Waals surface area contributed by atoms with Crippen LogP contribution in [0.3, 0.4) is 0 Å². The zero-order chi connectivity index (χ0) is 88.4. The molecule has 0 aromatic heterocycles. The van der Waals surface area contributed by atoms with Crippen LogP contribution in [0.2, 0.25) is 0 Å². The van der Waals surface area contributed by atoms with Gasteiger partial charge in [0.15, 0.2) is 0 Å².